The molecule has 0 fully saturated rings. The van der Waals surface area contributed by atoms with Gasteiger partial charge >= 0.3 is 0 Å². The van der Waals surface area contributed by atoms with Gasteiger partial charge < -0.3 is 10.1 Å². The van der Waals surface area contributed by atoms with Crippen LogP contribution in [0.2, 0.25) is 0 Å². The van der Waals surface area contributed by atoms with Gasteiger partial charge in [-0.15, -0.1) is 0 Å². The molecule has 0 aliphatic rings. The number of methoxy groups -OCH3 is 1. The third-order valence-corrected chi connectivity index (χ3v) is 3.08. The van der Waals surface area contributed by atoms with Crippen LogP contribution in [0.25, 0.3) is 0 Å². The van der Waals surface area contributed by atoms with Crippen LogP contribution in [0.3, 0.4) is 0 Å². The van der Waals surface area contributed by atoms with Crippen molar-refractivity contribution in [1.29, 1.82) is 0 Å². The maximum atomic E-state index is 5.10. The second-order valence-corrected chi connectivity index (χ2v) is 4.38. The van der Waals surface area contributed by atoms with Crippen LogP contribution < -0.4 is 10.1 Å². The van der Waals surface area contributed by atoms with E-state index in [9.17, 15) is 0 Å². The Morgan fingerprint density at radius 3 is 2.88 bits per heavy atom. The highest BCUT2D eigenvalue weighted by Crippen LogP contribution is 2.17. The van der Waals surface area contributed by atoms with Crippen molar-refractivity contribution in [2.75, 3.05) is 19.0 Å². The number of hydrogen-bond acceptors (Lipinski definition) is 3. The number of anilines is 1. The smallest absolute Gasteiger partial charge is 0.214 e. The molecular formula is C14H24N2O. The van der Waals surface area contributed by atoms with Gasteiger partial charge in [0.25, 0.3) is 0 Å². The molecule has 0 aromatic carbocycles. The average Bonchev–Trinajstić information content (AvgIpc) is 2.39. The third kappa shape index (κ3) is 5.07. The molecule has 0 saturated heterocycles. The van der Waals surface area contributed by atoms with Gasteiger partial charge in [-0.25, -0.2) is 4.98 Å². The van der Waals surface area contributed by atoms with Gasteiger partial charge in [0.1, 0.15) is 0 Å². The zero-order chi connectivity index (χ0) is 12.5. The number of pyridine rings is 1. The highest BCUT2D eigenvalue weighted by Gasteiger charge is 2.05. The molecule has 0 aliphatic heterocycles. The van der Waals surface area contributed by atoms with Crippen molar-refractivity contribution in [1.82, 2.24) is 4.98 Å². The molecule has 0 bridgehead atoms. The van der Waals surface area contributed by atoms with E-state index in [-0.39, 0.29) is 0 Å². The first-order chi connectivity index (χ1) is 8.30. The maximum absolute atomic E-state index is 5.10. The molecular weight excluding hydrogens is 212 g/mol. The molecule has 1 unspecified atom stereocenters. The van der Waals surface area contributed by atoms with Gasteiger partial charge in [0.2, 0.25) is 5.88 Å². The van der Waals surface area contributed by atoms with Crippen molar-refractivity contribution in [3.63, 3.8) is 0 Å². The first-order valence-electron chi connectivity index (χ1n) is 6.54. The van der Waals surface area contributed by atoms with E-state index in [4.69, 9.17) is 4.74 Å². The van der Waals surface area contributed by atoms with E-state index < -0.39 is 0 Å². The van der Waals surface area contributed by atoms with Crippen LogP contribution in [-0.4, -0.2) is 18.6 Å². The minimum atomic E-state index is 0.664. The molecule has 3 nitrogen and oxygen atoms in total. The first-order valence-corrected chi connectivity index (χ1v) is 6.54. The lowest BCUT2D eigenvalue weighted by Crippen LogP contribution is -2.13. The van der Waals surface area contributed by atoms with Crippen molar-refractivity contribution in [2.45, 2.75) is 39.5 Å². The highest BCUT2D eigenvalue weighted by molar-refractivity contribution is 5.44. The second-order valence-electron chi connectivity index (χ2n) is 4.38. The maximum Gasteiger partial charge on any atom is 0.214 e. The van der Waals surface area contributed by atoms with Crippen molar-refractivity contribution in [3.05, 3.63) is 18.3 Å². The van der Waals surface area contributed by atoms with E-state index in [1.54, 1.807) is 13.3 Å². The summed E-state index contributed by atoms with van der Waals surface area (Å²) < 4.78 is 5.10. The summed E-state index contributed by atoms with van der Waals surface area (Å²) in [5, 5.41) is 3.46. The number of nitrogens with zero attached hydrogens (tertiary/aromatic N) is 1. The van der Waals surface area contributed by atoms with E-state index in [2.05, 4.69) is 24.1 Å². The molecule has 0 saturated carbocycles. The van der Waals surface area contributed by atoms with Crippen LogP contribution in [0.4, 0.5) is 5.69 Å². The van der Waals surface area contributed by atoms with Crippen molar-refractivity contribution >= 4 is 5.69 Å². The molecule has 0 spiro atoms. The normalized spacial score (nSPS) is 12.2. The number of rotatable bonds is 8. The largest absolute Gasteiger partial charge is 0.481 e. The topological polar surface area (TPSA) is 34.2 Å². The number of ether oxygens (including phenoxy) is 1. The van der Waals surface area contributed by atoms with Crippen molar-refractivity contribution in [2.24, 2.45) is 5.92 Å². The summed E-state index contributed by atoms with van der Waals surface area (Å²) in [6.07, 6.45) is 6.91. The van der Waals surface area contributed by atoms with E-state index in [1.165, 1.54) is 25.7 Å². The summed E-state index contributed by atoms with van der Waals surface area (Å²) in [4.78, 5) is 4.09. The van der Waals surface area contributed by atoms with Gasteiger partial charge in [-0.2, -0.15) is 0 Å². The standard InChI is InChI=1S/C14H24N2O/c1-4-6-7-12(5-2)11-16-13-8-9-15-14(10-13)17-3/h8-10,12H,4-7,11H2,1-3H3,(H,15,16). The molecule has 1 aromatic heterocycles. The molecule has 1 atom stereocenters. The first kappa shape index (κ1) is 13.8. The lowest BCUT2D eigenvalue weighted by atomic mass is 9.99. The van der Waals surface area contributed by atoms with E-state index >= 15 is 0 Å². The molecule has 0 amide bonds. The fraction of sp³-hybridized carbons (Fsp3) is 0.643. The van der Waals surface area contributed by atoms with E-state index in [0.717, 1.165) is 18.2 Å². The lowest BCUT2D eigenvalue weighted by Gasteiger charge is -2.16. The highest BCUT2D eigenvalue weighted by atomic mass is 16.5. The summed E-state index contributed by atoms with van der Waals surface area (Å²) in [6.45, 7) is 5.53. The number of aromatic nitrogens is 1. The fourth-order valence-electron chi connectivity index (χ4n) is 1.84. The molecule has 96 valence electrons. The second kappa shape index (κ2) is 7.93. The third-order valence-electron chi connectivity index (χ3n) is 3.08. The van der Waals surface area contributed by atoms with Gasteiger partial charge in [0.05, 0.1) is 7.11 Å². The van der Waals surface area contributed by atoms with Crippen LogP contribution in [0.5, 0.6) is 5.88 Å². The minimum Gasteiger partial charge on any atom is -0.481 e. The SMILES string of the molecule is CCCCC(CC)CNc1ccnc(OC)c1. The molecule has 0 aliphatic carbocycles. The van der Waals surface area contributed by atoms with Crippen LogP contribution >= 0.6 is 0 Å². The Hall–Kier alpha value is -1.25. The van der Waals surface area contributed by atoms with Gasteiger partial charge in [-0.05, 0) is 18.4 Å². The number of unbranched alkanes of at least 4 members (excludes halogenated alkanes) is 1. The number of hydrogen-bond donors (Lipinski definition) is 1. The van der Waals surface area contributed by atoms with E-state index in [0.29, 0.717) is 5.88 Å². The van der Waals surface area contributed by atoms with Crippen LogP contribution in [0.15, 0.2) is 18.3 Å². The Labute approximate surface area is 105 Å². The zero-order valence-corrected chi connectivity index (χ0v) is 11.2. The van der Waals surface area contributed by atoms with Gasteiger partial charge in [-0.3, -0.25) is 0 Å². The molecule has 3 heteroatoms. The predicted molar refractivity (Wildman–Crippen MR) is 72.6 cm³/mol. The summed E-state index contributed by atoms with van der Waals surface area (Å²) in [5.74, 6) is 1.42. The van der Waals surface area contributed by atoms with Gasteiger partial charge in [-0.1, -0.05) is 33.1 Å². The predicted octanol–water partition coefficient (Wildman–Crippen LogP) is 3.72. The quantitative estimate of drug-likeness (QED) is 0.747. The van der Waals surface area contributed by atoms with Crippen LogP contribution in [0, 0.1) is 5.92 Å². The molecule has 1 N–H and O–H groups in total. The van der Waals surface area contributed by atoms with Crippen molar-refractivity contribution < 1.29 is 4.74 Å². The Balaban J connectivity index is 2.41. The van der Waals surface area contributed by atoms with Crippen molar-refractivity contribution in [3.8, 4) is 5.88 Å². The molecule has 1 rings (SSSR count). The molecule has 17 heavy (non-hydrogen) atoms. The summed E-state index contributed by atoms with van der Waals surface area (Å²) >= 11 is 0. The van der Waals surface area contributed by atoms with Crippen LogP contribution in [-0.2, 0) is 0 Å². The minimum absolute atomic E-state index is 0.664. The van der Waals surface area contributed by atoms with Gasteiger partial charge in [0, 0.05) is 24.5 Å². The van der Waals surface area contributed by atoms with Gasteiger partial charge in [0.15, 0.2) is 0 Å². The number of nitrogens with one attached hydrogen (secondary N) is 1. The zero-order valence-electron chi connectivity index (χ0n) is 11.2. The Kier molecular flexibility index (Phi) is 6.45. The Bertz CT molecular complexity index is 315. The summed E-state index contributed by atoms with van der Waals surface area (Å²) in [6, 6.07) is 3.92. The fourth-order valence-corrected chi connectivity index (χ4v) is 1.84. The lowest BCUT2D eigenvalue weighted by molar-refractivity contribution is 0.398. The Morgan fingerprint density at radius 2 is 2.24 bits per heavy atom. The monoisotopic (exact) mass is 236 g/mol. The average molecular weight is 236 g/mol. The van der Waals surface area contributed by atoms with E-state index in [1.807, 2.05) is 12.1 Å². The summed E-state index contributed by atoms with van der Waals surface area (Å²) in [5.41, 5.74) is 1.09. The molecule has 0 radical (unpaired) electrons. The summed E-state index contributed by atoms with van der Waals surface area (Å²) in [7, 11) is 1.64. The molecule has 1 aromatic rings. The molecule has 1 heterocycles. The Morgan fingerprint density at radius 1 is 1.41 bits per heavy atom. The van der Waals surface area contributed by atoms with Crippen LogP contribution in [0.1, 0.15) is 39.5 Å².